The Morgan fingerprint density at radius 1 is 1.00 bits per heavy atom. The van der Waals surface area contributed by atoms with Gasteiger partial charge < -0.3 is 14.8 Å². The number of hydrogen-bond acceptors (Lipinski definition) is 4. The molecule has 0 spiro atoms. The molecule has 0 saturated heterocycles. The number of ether oxygens (including phenoxy) is 2. The summed E-state index contributed by atoms with van der Waals surface area (Å²) in [7, 11) is 2.76. The lowest BCUT2D eigenvalue weighted by atomic mass is 10.1. The molecule has 132 valence electrons. The second kappa shape index (κ2) is 8.09. The Labute approximate surface area is 155 Å². The lowest BCUT2D eigenvalue weighted by Gasteiger charge is -2.15. The number of methoxy groups -OCH3 is 2. The Balaban J connectivity index is 2.25. The quantitative estimate of drug-likeness (QED) is 0.826. The Morgan fingerprint density at radius 3 is 2.32 bits per heavy atom. The van der Waals surface area contributed by atoms with Crippen LogP contribution >= 0.6 is 23.2 Å². The first-order valence-electron chi connectivity index (χ1n) is 7.17. The summed E-state index contributed by atoms with van der Waals surface area (Å²) in [5, 5.41) is 5.34. The highest BCUT2D eigenvalue weighted by Gasteiger charge is 2.23. The SMILES string of the molecule is COc1ccc(Cl)c(OC)c1C(=O)NC(=O)Nc1c(C)cccc1Cl. The molecule has 2 N–H and O–H groups in total. The molecule has 3 amide bonds. The molecule has 0 radical (unpaired) electrons. The lowest BCUT2D eigenvalue weighted by molar-refractivity contribution is 0.0961. The molecular formula is C17H16Cl2N2O4. The number of urea groups is 1. The Morgan fingerprint density at radius 2 is 1.72 bits per heavy atom. The van der Waals surface area contributed by atoms with Crippen molar-refractivity contribution in [3.63, 3.8) is 0 Å². The van der Waals surface area contributed by atoms with E-state index in [-0.39, 0.29) is 22.1 Å². The molecule has 0 bridgehead atoms. The van der Waals surface area contributed by atoms with Gasteiger partial charge in [-0.05, 0) is 30.7 Å². The third-order valence-electron chi connectivity index (χ3n) is 3.41. The molecular weight excluding hydrogens is 367 g/mol. The number of nitrogens with one attached hydrogen (secondary N) is 2. The van der Waals surface area contributed by atoms with Gasteiger partial charge in [0, 0.05) is 0 Å². The number of amides is 3. The standard InChI is InChI=1S/C17H16Cl2N2O4/c1-9-5-4-6-10(18)14(9)20-17(23)21-16(22)13-12(24-2)8-7-11(19)15(13)25-3/h4-8H,1-3H3,(H2,20,21,22,23). The fourth-order valence-corrected chi connectivity index (χ4v) is 2.73. The van der Waals surface area contributed by atoms with Gasteiger partial charge in [-0.3, -0.25) is 10.1 Å². The summed E-state index contributed by atoms with van der Waals surface area (Å²) >= 11 is 12.1. The van der Waals surface area contributed by atoms with Crippen molar-refractivity contribution in [3.8, 4) is 11.5 Å². The minimum absolute atomic E-state index is 0.0172. The molecule has 0 aliphatic heterocycles. The van der Waals surface area contributed by atoms with Crippen molar-refractivity contribution in [2.24, 2.45) is 0 Å². The average Bonchev–Trinajstić information content (AvgIpc) is 2.57. The van der Waals surface area contributed by atoms with Gasteiger partial charge in [0.2, 0.25) is 0 Å². The summed E-state index contributed by atoms with van der Waals surface area (Å²) < 4.78 is 10.3. The molecule has 8 heteroatoms. The third-order valence-corrected chi connectivity index (χ3v) is 4.02. The van der Waals surface area contributed by atoms with Crippen LogP contribution in [0.25, 0.3) is 0 Å². The maximum atomic E-state index is 12.5. The maximum Gasteiger partial charge on any atom is 0.326 e. The lowest BCUT2D eigenvalue weighted by Crippen LogP contribution is -2.35. The Bertz CT molecular complexity index is 804. The normalized spacial score (nSPS) is 10.1. The smallest absolute Gasteiger partial charge is 0.326 e. The van der Waals surface area contributed by atoms with E-state index in [0.717, 1.165) is 5.56 Å². The van der Waals surface area contributed by atoms with E-state index in [1.807, 2.05) is 0 Å². The Kier molecular flexibility index (Phi) is 6.12. The van der Waals surface area contributed by atoms with E-state index in [4.69, 9.17) is 32.7 Å². The van der Waals surface area contributed by atoms with Gasteiger partial charge >= 0.3 is 6.03 Å². The largest absolute Gasteiger partial charge is 0.496 e. The minimum Gasteiger partial charge on any atom is -0.496 e. The first-order valence-corrected chi connectivity index (χ1v) is 7.92. The van der Waals surface area contributed by atoms with E-state index in [1.165, 1.54) is 26.4 Å². The van der Waals surface area contributed by atoms with Gasteiger partial charge in [0.1, 0.15) is 11.3 Å². The molecule has 0 aromatic heterocycles. The van der Waals surface area contributed by atoms with Gasteiger partial charge in [0.25, 0.3) is 5.91 Å². The number of aryl methyl sites for hydroxylation is 1. The van der Waals surface area contributed by atoms with Gasteiger partial charge in [-0.25, -0.2) is 4.79 Å². The second-order valence-electron chi connectivity index (χ2n) is 5.00. The molecule has 0 saturated carbocycles. The zero-order valence-electron chi connectivity index (χ0n) is 13.8. The number of carbonyl (C=O) groups is 2. The van der Waals surface area contributed by atoms with Crippen LogP contribution in [0.4, 0.5) is 10.5 Å². The fourth-order valence-electron chi connectivity index (χ4n) is 2.22. The number of imide groups is 1. The van der Waals surface area contributed by atoms with Crippen molar-refractivity contribution in [2.45, 2.75) is 6.92 Å². The van der Waals surface area contributed by atoms with Crippen LogP contribution < -0.4 is 20.1 Å². The monoisotopic (exact) mass is 382 g/mol. The third kappa shape index (κ3) is 4.15. The first kappa shape index (κ1) is 18.9. The molecule has 0 atom stereocenters. The predicted molar refractivity (Wildman–Crippen MR) is 97.2 cm³/mol. The molecule has 2 aromatic carbocycles. The van der Waals surface area contributed by atoms with Crippen molar-refractivity contribution in [1.29, 1.82) is 0 Å². The van der Waals surface area contributed by atoms with Crippen LogP contribution in [-0.2, 0) is 0 Å². The van der Waals surface area contributed by atoms with E-state index in [1.54, 1.807) is 25.1 Å². The summed E-state index contributed by atoms with van der Waals surface area (Å²) in [6.45, 7) is 1.78. The fraction of sp³-hybridized carbons (Fsp3) is 0.176. The number of hydrogen-bond donors (Lipinski definition) is 2. The molecule has 25 heavy (non-hydrogen) atoms. The molecule has 0 heterocycles. The van der Waals surface area contributed by atoms with Crippen LogP contribution in [0, 0.1) is 6.92 Å². The van der Waals surface area contributed by atoms with Crippen molar-refractivity contribution in [3.05, 3.63) is 51.5 Å². The van der Waals surface area contributed by atoms with Crippen LogP contribution in [0.1, 0.15) is 15.9 Å². The number of carbonyl (C=O) groups excluding carboxylic acids is 2. The summed E-state index contributed by atoms with van der Waals surface area (Å²) in [5.41, 5.74) is 1.19. The zero-order chi connectivity index (χ0) is 18.6. The molecule has 6 nitrogen and oxygen atoms in total. The van der Waals surface area contributed by atoms with Crippen molar-refractivity contribution < 1.29 is 19.1 Å². The number of para-hydroxylation sites is 1. The molecule has 2 aromatic rings. The van der Waals surface area contributed by atoms with E-state index >= 15 is 0 Å². The molecule has 0 aliphatic rings. The van der Waals surface area contributed by atoms with E-state index in [0.29, 0.717) is 10.7 Å². The topological polar surface area (TPSA) is 76.7 Å². The van der Waals surface area contributed by atoms with Crippen molar-refractivity contribution >= 4 is 40.8 Å². The number of halogens is 2. The van der Waals surface area contributed by atoms with Crippen LogP contribution in [-0.4, -0.2) is 26.2 Å². The number of rotatable bonds is 4. The number of benzene rings is 2. The van der Waals surface area contributed by atoms with Gasteiger partial charge in [-0.2, -0.15) is 0 Å². The molecule has 0 fully saturated rings. The van der Waals surface area contributed by atoms with Crippen LogP contribution in [0.2, 0.25) is 10.0 Å². The summed E-state index contributed by atoms with van der Waals surface area (Å²) in [6.07, 6.45) is 0. The summed E-state index contributed by atoms with van der Waals surface area (Å²) in [4.78, 5) is 24.7. The van der Waals surface area contributed by atoms with E-state index in [9.17, 15) is 9.59 Å². The predicted octanol–water partition coefficient (Wildman–Crippen LogP) is 4.28. The van der Waals surface area contributed by atoms with Gasteiger partial charge in [0.05, 0.1) is 30.0 Å². The zero-order valence-corrected chi connectivity index (χ0v) is 15.3. The highest BCUT2D eigenvalue weighted by molar-refractivity contribution is 6.34. The Hall–Kier alpha value is -2.44. The minimum atomic E-state index is -0.745. The maximum absolute atomic E-state index is 12.5. The van der Waals surface area contributed by atoms with Crippen molar-refractivity contribution in [2.75, 3.05) is 19.5 Å². The first-order chi connectivity index (χ1) is 11.9. The highest BCUT2D eigenvalue weighted by atomic mass is 35.5. The molecule has 2 rings (SSSR count). The van der Waals surface area contributed by atoms with Gasteiger partial charge in [-0.1, -0.05) is 35.3 Å². The van der Waals surface area contributed by atoms with Crippen LogP contribution in [0.3, 0.4) is 0 Å². The average molecular weight is 383 g/mol. The highest BCUT2D eigenvalue weighted by Crippen LogP contribution is 2.35. The van der Waals surface area contributed by atoms with Crippen molar-refractivity contribution in [1.82, 2.24) is 5.32 Å². The van der Waals surface area contributed by atoms with Crippen LogP contribution in [0.15, 0.2) is 30.3 Å². The van der Waals surface area contributed by atoms with E-state index < -0.39 is 11.9 Å². The number of anilines is 1. The molecule has 0 unspecified atom stereocenters. The van der Waals surface area contributed by atoms with Crippen LogP contribution in [0.5, 0.6) is 11.5 Å². The van der Waals surface area contributed by atoms with Gasteiger partial charge in [0.15, 0.2) is 5.75 Å². The molecule has 0 aliphatic carbocycles. The summed E-state index contributed by atoms with van der Waals surface area (Å²) in [5.74, 6) is -0.390. The van der Waals surface area contributed by atoms with E-state index in [2.05, 4.69) is 10.6 Å². The summed E-state index contributed by atoms with van der Waals surface area (Å²) in [6, 6.07) is 7.47. The van der Waals surface area contributed by atoms with Gasteiger partial charge in [-0.15, -0.1) is 0 Å². The second-order valence-corrected chi connectivity index (χ2v) is 5.81.